The van der Waals surface area contributed by atoms with Crippen LogP contribution in [0.2, 0.25) is 0 Å². The highest BCUT2D eigenvalue weighted by atomic mass is 16.8. The summed E-state index contributed by atoms with van der Waals surface area (Å²) in [7, 11) is 3.28. The van der Waals surface area contributed by atoms with Crippen molar-refractivity contribution in [2.75, 3.05) is 20.7 Å². The number of fused-ring (bicyclic) bond motifs is 1. The molecule has 0 bridgehead atoms. The lowest BCUT2D eigenvalue weighted by Crippen LogP contribution is -2.55. The number of benzene rings is 1. The Labute approximate surface area is 337 Å². The minimum absolute atomic E-state index is 0.0671. The normalized spacial score (nSPS) is 20.5. The number of hydrogen-bond donors (Lipinski definition) is 4. The van der Waals surface area contributed by atoms with E-state index in [0.717, 1.165) is 38.5 Å². The first kappa shape index (κ1) is 47.3. The number of nitrogens with one attached hydrogen (secondary N) is 2. The predicted octanol–water partition coefficient (Wildman–Crippen LogP) is 4.75. The lowest BCUT2D eigenvalue weighted by Gasteiger charge is -2.32. The van der Waals surface area contributed by atoms with Gasteiger partial charge in [0.05, 0.1) is 24.3 Å². The highest BCUT2D eigenvalue weighted by Crippen LogP contribution is 2.43. The van der Waals surface area contributed by atoms with Gasteiger partial charge in [0.15, 0.2) is 5.79 Å². The maximum atomic E-state index is 14.0. The highest BCUT2D eigenvalue weighted by Gasteiger charge is 2.52. The monoisotopic (exact) mass is 799 g/mol. The van der Waals surface area contributed by atoms with E-state index in [9.17, 15) is 34.2 Å². The van der Waals surface area contributed by atoms with E-state index in [2.05, 4.69) is 24.5 Å². The fourth-order valence-electron chi connectivity index (χ4n) is 6.72. The molecule has 6 atom stereocenters. The molecule has 1 aliphatic carbocycles. The summed E-state index contributed by atoms with van der Waals surface area (Å²) in [6.45, 7) is 10.3. The van der Waals surface area contributed by atoms with E-state index in [1.54, 1.807) is 71.3 Å². The molecule has 1 fully saturated rings. The maximum absolute atomic E-state index is 14.0. The largest absolute Gasteiger partial charge is 0.460 e. The van der Waals surface area contributed by atoms with Crippen molar-refractivity contribution in [3.8, 4) is 0 Å². The van der Waals surface area contributed by atoms with Crippen LogP contribution in [0.25, 0.3) is 6.08 Å². The SMILES string of the molecule is CCCCCC1(CCCCC)O[C@@H]2[C@@H](C=C(C(=O)N[C@@H](C(=O)N[C@H](CO)CCC(=O)OC(C)(C)C)[C@H](C)O)C[C@H]2OC(=O)c2cccc(C=CC(=O)N(C)C)c2)O1. The van der Waals surface area contributed by atoms with E-state index in [4.69, 9.17) is 18.9 Å². The number of unbranched alkanes of at least 4 members (excludes halogenated alkanes) is 4. The van der Waals surface area contributed by atoms with E-state index < -0.39 is 78.2 Å². The Morgan fingerprint density at radius 1 is 1.02 bits per heavy atom. The summed E-state index contributed by atoms with van der Waals surface area (Å²) in [5, 5.41) is 25.8. The van der Waals surface area contributed by atoms with Crippen LogP contribution in [0.3, 0.4) is 0 Å². The van der Waals surface area contributed by atoms with Gasteiger partial charge in [-0.3, -0.25) is 19.2 Å². The van der Waals surface area contributed by atoms with Crippen molar-refractivity contribution in [3.63, 3.8) is 0 Å². The first-order valence-corrected chi connectivity index (χ1v) is 20.3. The number of carbonyl (C=O) groups excluding carboxylic acids is 5. The molecule has 57 heavy (non-hydrogen) atoms. The van der Waals surface area contributed by atoms with Gasteiger partial charge in [0.1, 0.15) is 30.0 Å². The zero-order valence-electron chi connectivity index (χ0n) is 35.0. The number of rotatable bonds is 21. The molecule has 0 radical (unpaired) electrons. The summed E-state index contributed by atoms with van der Waals surface area (Å²) >= 11 is 0. The van der Waals surface area contributed by atoms with E-state index in [1.807, 2.05) is 0 Å². The molecular weight excluding hydrogens is 734 g/mol. The molecule has 0 aromatic heterocycles. The quantitative estimate of drug-likeness (QED) is 0.0763. The second kappa shape index (κ2) is 22.2. The standard InChI is InChI=1S/C43H65N3O11/c1-9-11-13-22-43(23-14-12-10-2)55-34-26-31(39(51)45-37(28(3)48)40(52)44-32(27-47)19-21-36(50)56-42(4,5)6)25-33(38(34)57-43)54-41(53)30-17-15-16-29(24-30)18-20-35(49)46(7)8/h15-18,20,24,26,28,32-34,37-38,47-48H,9-14,19,21-23,25,27H2,1-8H3,(H,44,52)(H,45,51)/t28-,32-,33+,34+,37+,38-/m0/s1. The Balaban J connectivity index is 1.87. The number of carbonyl (C=O) groups is 5. The van der Waals surface area contributed by atoms with Crippen molar-refractivity contribution < 1.29 is 53.1 Å². The molecule has 2 aliphatic rings. The summed E-state index contributed by atoms with van der Waals surface area (Å²) in [5.74, 6) is -3.75. The van der Waals surface area contributed by atoms with Crippen LogP contribution in [-0.4, -0.2) is 113 Å². The molecule has 1 aromatic carbocycles. The number of amides is 3. The minimum Gasteiger partial charge on any atom is -0.460 e. The van der Waals surface area contributed by atoms with Crippen LogP contribution < -0.4 is 10.6 Å². The van der Waals surface area contributed by atoms with Gasteiger partial charge >= 0.3 is 11.9 Å². The average Bonchev–Trinajstić information content (AvgIpc) is 3.52. The maximum Gasteiger partial charge on any atom is 0.338 e. The summed E-state index contributed by atoms with van der Waals surface area (Å²) in [5.41, 5.74) is 0.332. The fraction of sp³-hybridized carbons (Fsp3) is 0.651. The van der Waals surface area contributed by atoms with Crippen molar-refractivity contribution in [2.45, 2.75) is 160 Å². The molecule has 3 amide bonds. The van der Waals surface area contributed by atoms with E-state index >= 15 is 0 Å². The summed E-state index contributed by atoms with van der Waals surface area (Å²) in [6.07, 6.45) is 7.75. The molecule has 1 saturated heterocycles. The van der Waals surface area contributed by atoms with Gasteiger partial charge in [-0.05, 0) is 76.8 Å². The molecule has 0 spiro atoms. The third-order valence-electron chi connectivity index (χ3n) is 9.77. The molecule has 1 aliphatic heterocycles. The molecule has 4 N–H and O–H groups in total. The lowest BCUT2D eigenvalue weighted by molar-refractivity contribution is -0.190. The van der Waals surface area contributed by atoms with Crippen LogP contribution in [0.4, 0.5) is 0 Å². The van der Waals surface area contributed by atoms with Crippen molar-refractivity contribution in [2.24, 2.45) is 0 Å². The molecule has 0 unspecified atom stereocenters. The average molecular weight is 800 g/mol. The lowest BCUT2D eigenvalue weighted by atomic mass is 9.91. The fourth-order valence-corrected chi connectivity index (χ4v) is 6.72. The molecular formula is C43H65N3O11. The number of esters is 2. The Hall–Kier alpha value is -4.11. The van der Waals surface area contributed by atoms with Crippen LogP contribution in [0.15, 0.2) is 42.0 Å². The Morgan fingerprint density at radius 2 is 1.68 bits per heavy atom. The number of aliphatic hydroxyl groups is 2. The predicted molar refractivity (Wildman–Crippen MR) is 215 cm³/mol. The smallest absolute Gasteiger partial charge is 0.338 e. The summed E-state index contributed by atoms with van der Waals surface area (Å²) < 4.78 is 24.8. The van der Waals surface area contributed by atoms with Crippen LogP contribution in [-0.2, 0) is 38.1 Å². The van der Waals surface area contributed by atoms with Gasteiger partial charge in [-0.15, -0.1) is 0 Å². The van der Waals surface area contributed by atoms with Crippen LogP contribution >= 0.6 is 0 Å². The molecule has 3 rings (SSSR count). The van der Waals surface area contributed by atoms with Gasteiger partial charge < -0.3 is 44.7 Å². The third kappa shape index (κ3) is 15.0. The van der Waals surface area contributed by atoms with Crippen molar-refractivity contribution in [1.29, 1.82) is 0 Å². The van der Waals surface area contributed by atoms with E-state index in [0.29, 0.717) is 18.4 Å². The summed E-state index contributed by atoms with van der Waals surface area (Å²) in [4.78, 5) is 66.9. The Morgan fingerprint density at radius 3 is 2.26 bits per heavy atom. The van der Waals surface area contributed by atoms with E-state index in [1.165, 1.54) is 17.9 Å². The highest BCUT2D eigenvalue weighted by molar-refractivity contribution is 5.98. The van der Waals surface area contributed by atoms with Gasteiger partial charge in [-0.25, -0.2) is 4.79 Å². The van der Waals surface area contributed by atoms with Crippen LogP contribution in [0.5, 0.6) is 0 Å². The molecule has 1 heterocycles. The van der Waals surface area contributed by atoms with Crippen LogP contribution in [0.1, 0.15) is 128 Å². The number of ether oxygens (including phenoxy) is 4. The number of nitrogens with zero attached hydrogens (tertiary/aromatic N) is 1. The molecule has 0 saturated carbocycles. The topological polar surface area (TPSA) is 190 Å². The van der Waals surface area contributed by atoms with Crippen LogP contribution in [0, 0.1) is 0 Å². The van der Waals surface area contributed by atoms with Crippen molar-refractivity contribution in [3.05, 3.63) is 53.1 Å². The zero-order valence-corrected chi connectivity index (χ0v) is 35.0. The van der Waals surface area contributed by atoms with Gasteiger partial charge in [0.25, 0.3) is 0 Å². The van der Waals surface area contributed by atoms with E-state index in [-0.39, 0.29) is 36.3 Å². The first-order chi connectivity index (χ1) is 26.9. The van der Waals surface area contributed by atoms with Crippen molar-refractivity contribution in [1.82, 2.24) is 15.5 Å². The number of likely N-dealkylation sites (N-methyl/N-ethyl adjacent to an activating group) is 1. The number of aliphatic hydroxyl groups excluding tert-OH is 2. The first-order valence-electron chi connectivity index (χ1n) is 20.3. The Kier molecular flexibility index (Phi) is 18.4. The number of hydrogen-bond acceptors (Lipinski definition) is 11. The molecule has 318 valence electrons. The van der Waals surface area contributed by atoms with Gasteiger partial charge in [-0.1, -0.05) is 51.7 Å². The Bertz CT molecular complexity index is 1570. The second-order valence-electron chi connectivity index (χ2n) is 16.2. The molecule has 14 heteroatoms. The third-order valence-corrected chi connectivity index (χ3v) is 9.77. The van der Waals surface area contributed by atoms with Gasteiger partial charge in [-0.2, -0.15) is 0 Å². The zero-order chi connectivity index (χ0) is 42.3. The van der Waals surface area contributed by atoms with Gasteiger partial charge in [0, 0.05) is 51.4 Å². The van der Waals surface area contributed by atoms with Gasteiger partial charge in [0.2, 0.25) is 17.7 Å². The summed E-state index contributed by atoms with van der Waals surface area (Å²) in [6, 6.07) is 4.37. The van der Waals surface area contributed by atoms with Crippen molar-refractivity contribution >= 4 is 35.7 Å². The minimum atomic E-state index is -1.43. The molecule has 1 aromatic rings. The second-order valence-corrected chi connectivity index (χ2v) is 16.2. The molecule has 14 nitrogen and oxygen atoms in total.